The van der Waals surface area contributed by atoms with Crippen LogP contribution in [0.4, 0.5) is 11.4 Å². The maximum Gasteiger partial charge on any atom is 0.254 e. The second kappa shape index (κ2) is 9.13. The zero-order chi connectivity index (χ0) is 22.7. The maximum absolute atomic E-state index is 12.5. The summed E-state index contributed by atoms with van der Waals surface area (Å²) in [6, 6.07) is 4.90. The highest BCUT2D eigenvalue weighted by atomic mass is 35.5. The number of hydrogen-bond acceptors (Lipinski definition) is 5. The molecule has 0 spiro atoms. The summed E-state index contributed by atoms with van der Waals surface area (Å²) in [6.07, 6.45) is 2.33. The number of primary amides is 1. The Morgan fingerprint density at radius 2 is 1.90 bits per heavy atom. The van der Waals surface area contributed by atoms with Gasteiger partial charge in [-0.25, -0.2) is 9.50 Å². The van der Waals surface area contributed by atoms with E-state index in [4.69, 9.17) is 17.3 Å². The smallest absolute Gasteiger partial charge is 0.254 e. The van der Waals surface area contributed by atoms with Crippen LogP contribution in [0, 0.1) is 13.8 Å². The number of anilines is 2. The van der Waals surface area contributed by atoms with E-state index in [1.807, 2.05) is 13.8 Å². The molecule has 0 atom stereocenters. The fraction of sp³-hybridized carbons (Fsp3) is 0.286. The van der Waals surface area contributed by atoms with Gasteiger partial charge in [0, 0.05) is 29.9 Å². The van der Waals surface area contributed by atoms with E-state index in [1.165, 1.54) is 6.20 Å². The third kappa shape index (κ3) is 4.83. The summed E-state index contributed by atoms with van der Waals surface area (Å²) in [5.74, 6) is -0.965. The summed E-state index contributed by atoms with van der Waals surface area (Å²) in [5.41, 5.74) is 9.33. The molecule has 4 N–H and O–H groups in total. The van der Waals surface area contributed by atoms with Crippen molar-refractivity contribution in [1.82, 2.24) is 14.6 Å². The van der Waals surface area contributed by atoms with Crippen molar-refractivity contribution in [3.05, 3.63) is 51.9 Å². The van der Waals surface area contributed by atoms with Crippen molar-refractivity contribution in [2.45, 2.75) is 40.0 Å². The first-order chi connectivity index (χ1) is 14.7. The van der Waals surface area contributed by atoms with Gasteiger partial charge in [0.25, 0.3) is 5.91 Å². The number of nitrogens with two attached hydrogens (primary N) is 1. The van der Waals surface area contributed by atoms with E-state index in [9.17, 15) is 14.4 Å². The van der Waals surface area contributed by atoms with Gasteiger partial charge in [-0.15, -0.1) is 0 Å². The van der Waals surface area contributed by atoms with Gasteiger partial charge in [0.1, 0.15) is 5.56 Å². The van der Waals surface area contributed by atoms with Gasteiger partial charge in [0.15, 0.2) is 5.65 Å². The van der Waals surface area contributed by atoms with Gasteiger partial charge < -0.3 is 16.4 Å². The van der Waals surface area contributed by atoms with Crippen LogP contribution in [0.5, 0.6) is 0 Å². The molecule has 0 unspecified atom stereocenters. The normalized spacial score (nSPS) is 10.8. The van der Waals surface area contributed by atoms with Crippen LogP contribution in [-0.2, 0) is 16.0 Å². The molecule has 3 aromatic rings. The van der Waals surface area contributed by atoms with Gasteiger partial charge in [-0.3, -0.25) is 14.4 Å². The molecule has 0 saturated heterocycles. The zero-order valence-corrected chi connectivity index (χ0v) is 18.2. The molecule has 0 aliphatic rings. The third-order valence-corrected chi connectivity index (χ3v) is 5.25. The van der Waals surface area contributed by atoms with E-state index in [-0.39, 0.29) is 23.8 Å². The van der Waals surface area contributed by atoms with Gasteiger partial charge in [-0.2, -0.15) is 5.10 Å². The summed E-state index contributed by atoms with van der Waals surface area (Å²) >= 11 is 6.18. The number of nitrogens with zero attached hydrogens (tertiary/aromatic N) is 3. The van der Waals surface area contributed by atoms with Crippen molar-refractivity contribution in [2.75, 3.05) is 10.6 Å². The minimum atomic E-state index is -0.595. The SMILES string of the molecule is CCC(=O)Nc1ccc(Cl)c(NC(=O)CCc2c(C)nc3c(C(N)=O)cnn3c2C)c1. The average molecular weight is 443 g/mol. The van der Waals surface area contributed by atoms with Crippen LogP contribution in [0.1, 0.15) is 47.1 Å². The Balaban J connectivity index is 1.74. The summed E-state index contributed by atoms with van der Waals surface area (Å²) < 4.78 is 1.55. The standard InChI is InChI=1S/C21H23ClN6O3/c1-4-18(29)26-13-5-7-16(22)17(9-13)27-19(30)8-6-14-11(2)25-21-15(20(23)31)10-24-28(21)12(14)3/h5,7,9-10H,4,6,8H2,1-3H3,(H2,23,31)(H,26,29)(H,27,30). The van der Waals surface area contributed by atoms with Crippen molar-refractivity contribution >= 4 is 46.3 Å². The first kappa shape index (κ1) is 22.2. The highest BCUT2D eigenvalue weighted by molar-refractivity contribution is 6.33. The van der Waals surface area contributed by atoms with Gasteiger partial charge in [0.05, 0.1) is 16.9 Å². The quantitative estimate of drug-likeness (QED) is 0.517. The number of halogens is 1. The Morgan fingerprint density at radius 3 is 2.58 bits per heavy atom. The first-order valence-corrected chi connectivity index (χ1v) is 10.1. The lowest BCUT2D eigenvalue weighted by Crippen LogP contribution is -2.16. The topological polar surface area (TPSA) is 131 Å². The molecule has 0 saturated carbocycles. The summed E-state index contributed by atoms with van der Waals surface area (Å²) in [6.45, 7) is 5.42. The van der Waals surface area contributed by atoms with Crippen LogP contribution < -0.4 is 16.4 Å². The molecule has 2 heterocycles. The lowest BCUT2D eigenvalue weighted by atomic mass is 10.1. The third-order valence-electron chi connectivity index (χ3n) is 4.92. The van der Waals surface area contributed by atoms with Crippen LogP contribution in [-0.4, -0.2) is 32.3 Å². The number of carbonyl (C=O) groups excluding carboxylic acids is 3. The number of aromatic nitrogens is 3. The molecule has 31 heavy (non-hydrogen) atoms. The van der Waals surface area contributed by atoms with Gasteiger partial charge in [-0.1, -0.05) is 18.5 Å². The highest BCUT2D eigenvalue weighted by Gasteiger charge is 2.17. The molecule has 3 amide bonds. The van der Waals surface area contributed by atoms with Crippen LogP contribution >= 0.6 is 11.6 Å². The molecule has 0 fully saturated rings. The number of benzene rings is 1. The molecule has 0 aliphatic heterocycles. The van der Waals surface area contributed by atoms with E-state index in [1.54, 1.807) is 29.6 Å². The Bertz CT molecular complexity index is 1190. The van der Waals surface area contributed by atoms with Crippen LogP contribution in [0.2, 0.25) is 5.02 Å². The molecule has 3 rings (SSSR count). The van der Waals surface area contributed by atoms with Crippen molar-refractivity contribution in [3.63, 3.8) is 0 Å². The number of hydrogen-bond donors (Lipinski definition) is 3. The van der Waals surface area contributed by atoms with Crippen LogP contribution in [0.3, 0.4) is 0 Å². The first-order valence-electron chi connectivity index (χ1n) is 9.74. The predicted octanol–water partition coefficient (Wildman–Crippen LogP) is 3.02. The molecule has 10 heteroatoms. The molecule has 9 nitrogen and oxygen atoms in total. The number of aryl methyl sites for hydroxylation is 2. The molecule has 162 valence electrons. The number of amides is 3. The maximum atomic E-state index is 12.5. The lowest BCUT2D eigenvalue weighted by molar-refractivity contribution is -0.116. The fourth-order valence-electron chi connectivity index (χ4n) is 3.25. The Labute approximate surface area is 184 Å². The molecular formula is C21H23ClN6O3. The molecule has 0 aliphatic carbocycles. The molecular weight excluding hydrogens is 420 g/mol. The van der Waals surface area contributed by atoms with Crippen molar-refractivity contribution in [2.24, 2.45) is 5.73 Å². The van der Waals surface area contributed by atoms with E-state index in [2.05, 4.69) is 20.7 Å². The van der Waals surface area contributed by atoms with Crippen LogP contribution in [0.15, 0.2) is 24.4 Å². The minimum absolute atomic E-state index is 0.133. The van der Waals surface area contributed by atoms with Crippen molar-refractivity contribution in [1.29, 1.82) is 0 Å². The highest BCUT2D eigenvalue weighted by Crippen LogP contribution is 2.26. The molecule has 0 radical (unpaired) electrons. The molecule has 2 aromatic heterocycles. The second-order valence-corrected chi connectivity index (χ2v) is 7.47. The van der Waals surface area contributed by atoms with E-state index in [0.717, 1.165) is 11.3 Å². The van der Waals surface area contributed by atoms with Gasteiger partial charge in [0.2, 0.25) is 11.8 Å². The monoisotopic (exact) mass is 442 g/mol. The predicted molar refractivity (Wildman–Crippen MR) is 118 cm³/mol. The zero-order valence-electron chi connectivity index (χ0n) is 17.5. The Hall–Kier alpha value is -3.46. The number of carbonyl (C=O) groups is 3. The summed E-state index contributed by atoms with van der Waals surface area (Å²) in [5, 5.41) is 10.1. The van der Waals surface area contributed by atoms with E-state index in [0.29, 0.717) is 40.6 Å². The molecule has 0 bridgehead atoms. The molecule has 1 aromatic carbocycles. The average Bonchev–Trinajstić information content (AvgIpc) is 3.14. The number of fused-ring (bicyclic) bond motifs is 1. The van der Waals surface area contributed by atoms with Gasteiger partial charge in [-0.05, 0) is 44.0 Å². The second-order valence-electron chi connectivity index (χ2n) is 7.06. The van der Waals surface area contributed by atoms with Gasteiger partial charge >= 0.3 is 0 Å². The Kier molecular flexibility index (Phi) is 6.55. The Morgan fingerprint density at radius 1 is 1.16 bits per heavy atom. The fourth-order valence-corrected chi connectivity index (χ4v) is 3.41. The van der Waals surface area contributed by atoms with E-state index < -0.39 is 5.91 Å². The summed E-state index contributed by atoms with van der Waals surface area (Å²) in [4.78, 5) is 40.1. The van der Waals surface area contributed by atoms with E-state index >= 15 is 0 Å². The van der Waals surface area contributed by atoms with Crippen molar-refractivity contribution in [3.8, 4) is 0 Å². The number of rotatable bonds is 7. The van der Waals surface area contributed by atoms with Crippen molar-refractivity contribution < 1.29 is 14.4 Å². The largest absolute Gasteiger partial charge is 0.365 e. The minimum Gasteiger partial charge on any atom is -0.365 e. The number of nitrogens with one attached hydrogen (secondary N) is 2. The summed E-state index contributed by atoms with van der Waals surface area (Å²) in [7, 11) is 0. The van der Waals surface area contributed by atoms with Crippen LogP contribution in [0.25, 0.3) is 5.65 Å². The lowest BCUT2D eigenvalue weighted by Gasteiger charge is -2.13.